The molecule has 0 heterocycles. The van der Waals surface area contributed by atoms with Crippen LogP contribution < -0.4 is 10.2 Å². The third-order valence-electron chi connectivity index (χ3n) is 0.943. The number of rotatable bonds is 2. The average molecular weight is 233 g/mol. The Hall–Kier alpha value is -0.566. The Morgan fingerprint density at radius 3 is 0.923 bits per heavy atom. The molecule has 0 aliphatic heterocycles. The smallest absolute Gasteiger partial charge is 0.550 e. The Kier molecular flexibility index (Phi) is 13.4. The Morgan fingerprint density at radius 1 is 0.846 bits per heavy atom. The molecule has 0 N–H and O–H groups in total. The Balaban J connectivity index is -0.000000143. The normalized spacial score (nSPS) is 8.46. The molecule has 13 heavy (non-hydrogen) atoms. The Morgan fingerprint density at radius 2 is 0.923 bits per heavy atom. The molecule has 0 aliphatic rings. The van der Waals surface area contributed by atoms with Gasteiger partial charge in [-0.2, -0.15) is 0 Å². The van der Waals surface area contributed by atoms with Gasteiger partial charge in [-0.25, -0.2) is 0 Å². The van der Waals surface area contributed by atoms with Crippen LogP contribution in [0.15, 0.2) is 0 Å². The van der Waals surface area contributed by atoms with Crippen molar-refractivity contribution in [2.45, 2.75) is 27.7 Å². The molecule has 0 atom stereocenters. The molecule has 0 radical (unpaired) electrons. The van der Waals surface area contributed by atoms with Crippen LogP contribution in [-0.4, -0.2) is 11.9 Å². The van der Waals surface area contributed by atoms with Crippen LogP contribution in [0.25, 0.3) is 0 Å². The van der Waals surface area contributed by atoms with Gasteiger partial charge in [0.25, 0.3) is 0 Å². The molecule has 0 spiro atoms. The fourth-order valence-corrected chi connectivity index (χ4v) is 0. The van der Waals surface area contributed by atoms with E-state index in [1.165, 1.54) is 0 Å². The van der Waals surface area contributed by atoms with Crippen molar-refractivity contribution < 1.29 is 36.3 Å². The van der Waals surface area contributed by atoms with Gasteiger partial charge >= 0.3 is 16.5 Å². The summed E-state index contributed by atoms with van der Waals surface area (Å²) in [5.74, 6) is -2.67. The Bertz CT molecular complexity index is 136. The van der Waals surface area contributed by atoms with Gasteiger partial charge in [0.2, 0.25) is 0 Å². The number of carbonyl (C=O) groups is 2. The van der Waals surface area contributed by atoms with E-state index in [1.54, 1.807) is 27.7 Å². The summed E-state index contributed by atoms with van der Waals surface area (Å²) in [7, 11) is 0. The third-order valence-corrected chi connectivity index (χ3v) is 0.943. The van der Waals surface area contributed by atoms with Crippen LogP contribution in [0, 0.1) is 11.8 Å². The van der Waals surface area contributed by atoms with E-state index in [0.29, 0.717) is 0 Å². The second-order valence-electron chi connectivity index (χ2n) is 2.95. The maximum Gasteiger partial charge on any atom is 2.00 e. The Labute approximate surface area is 88.3 Å². The summed E-state index contributed by atoms with van der Waals surface area (Å²) in [6.45, 7) is 6.31. The van der Waals surface area contributed by atoms with Gasteiger partial charge in [0, 0.05) is 11.9 Å². The van der Waals surface area contributed by atoms with Gasteiger partial charge in [0.05, 0.1) is 0 Å². The molecule has 0 saturated carbocycles. The molecular weight excluding hydrogens is 219 g/mol. The van der Waals surface area contributed by atoms with Gasteiger partial charge in [0.15, 0.2) is 0 Å². The van der Waals surface area contributed by atoms with Crippen LogP contribution in [-0.2, 0) is 26.1 Å². The first kappa shape index (κ1) is 18.3. The zero-order chi connectivity index (χ0) is 10.3. The first-order valence-corrected chi connectivity index (χ1v) is 3.70. The molecule has 4 nitrogen and oxygen atoms in total. The van der Waals surface area contributed by atoms with E-state index in [9.17, 15) is 19.8 Å². The number of hydrogen-bond acceptors (Lipinski definition) is 4. The number of carboxylic acids is 2. The summed E-state index contributed by atoms with van der Waals surface area (Å²) < 4.78 is 0. The molecule has 5 heteroatoms. The molecule has 80 valence electrons. The van der Waals surface area contributed by atoms with Crippen LogP contribution in [0.4, 0.5) is 0 Å². The van der Waals surface area contributed by atoms with Crippen molar-refractivity contribution in [1.29, 1.82) is 0 Å². The number of aliphatic carboxylic acids is 2. The van der Waals surface area contributed by atoms with Crippen LogP contribution in [0.2, 0.25) is 0 Å². The second kappa shape index (κ2) is 9.52. The molecule has 0 amide bonds. The van der Waals surface area contributed by atoms with Crippen LogP contribution in [0.1, 0.15) is 27.7 Å². The van der Waals surface area contributed by atoms with E-state index in [1.807, 2.05) is 0 Å². The van der Waals surface area contributed by atoms with Crippen LogP contribution in [0.5, 0.6) is 0 Å². The van der Waals surface area contributed by atoms with E-state index in [0.717, 1.165) is 0 Å². The standard InChI is InChI=1S/2C4H8O2.Ni/c2*1-3(2)4(5)6;/h2*3H,1-2H3,(H,5,6);/q;;+2/p-2. The summed E-state index contributed by atoms with van der Waals surface area (Å²) in [6, 6.07) is 0. The quantitative estimate of drug-likeness (QED) is 0.560. The second-order valence-corrected chi connectivity index (χ2v) is 2.95. The third kappa shape index (κ3) is 18.4. The predicted molar refractivity (Wildman–Crippen MR) is 39.7 cm³/mol. The number of carbonyl (C=O) groups excluding carboxylic acids is 2. The number of carboxylic acid groups (broad SMARTS) is 2. The van der Waals surface area contributed by atoms with E-state index >= 15 is 0 Å². The van der Waals surface area contributed by atoms with Crippen molar-refractivity contribution in [3.8, 4) is 0 Å². The summed E-state index contributed by atoms with van der Waals surface area (Å²) >= 11 is 0. The fourth-order valence-electron chi connectivity index (χ4n) is 0. The molecule has 0 aliphatic carbocycles. The molecule has 0 unspecified atom stereocenters. The zero-order valence-corrected chi connectivity index (χ0v) is 9.09. The predicted octanol–water partition coefficient (Wildman–Crippen LogP) is -1.22. The zero-order valence-electron chi connectivity index (χ0n) is 8.10. The van der Waals surface area contributed by atoms with Crippen molar-refractivity contribution >= 4 is 11.9 Å². The topological polar surface area (TPSA) is 80.3 Å². The SMILES string of the molecule is CC(C)C(=O)[O-].CC(C)C(=O)[O-].[Ni+2]. The van der Waals surface area contributed by atoms with Crippen molar-refractivity contribution in [2.24, 2.45) is 11.8 Å². The monoisotopic (exact) mass is 232 g/mol. The minimum absolute atomic E-state index is 0. The minimum atomic E-state index is -0.991. The minimum Gasteiger partial charge on any atom is -0.550 e. The van der Waals surface area contributed by atoms with Gasteiger partial charge in [-0.1, -0.05) is 27.7 Å². The average Bonchev–Trinajstić information content (AvgIpc) is 1.88. The summed E-state index contributed by atoms with van der Waals surface area (Å²) in [5, 5.41) is 19.2. The number of hydrogen-bond donors (Lipinski definition) is 0. The molecule has 0 saturated heterocycles. The van der Waals surface area contributed by atoms with Crippen molar-refractivity contribution in [2.75, 3.05) is 0 Å². The first-order valence-electron chi connectivity index (χ1n) is 3.70. The van der Waals surface area contributed by atoms with Crippen molar-refractivity contribution in [1.82, 2.24) is 0 Å². The largest absolute Gasteiger partial charge is 2.00 e. The van der Waals surface area contributed by atoms with Gasteiger partial charge in [0.1, 0.15) is 0 Å². The van der Waals surface area contributed by atoms with Gasteiger partial charge in [-0.15, -0.1) is 0 Å². The van der Waals surface area contributed by atoms with E-state index in [2.05, 4.69) is 0 Å². The molecular formula is C8H14NiO4. The fraction of sp³-hybridized carbons (Fsp3) is 0.750. The molecule has 0 aromatic heterocycles. The molecule has 0 bridgehead atoms. The molecule has 0 rings (SSSR count). The van der Waals surface area contributed by atoms with Crippen LogP contribution >= 0.6 is 0 Å². The van der Waals surface area contributed by atoms with E-state index in [-0.39, 0.29) is 28.3 Å². The van der Waals surface area contributed by atoms with Crippen LogP contribution in [0.3, 0.4) is 0 Å². The molecule has 0 aromatic rings. The van der Waals surface area contributed by atoms with Gasteiger partial charge in [-0.3, -0.25) is 0 Å². The van der Waals surface area contributed by atoms with E-state index in [4.69, 9.17) is 0 Å². The summed E-state index contributed by atoms with van der Waals surface area (Å²) in [4.78, 5) is 19.2. The van der Waals surface area contributed by atoms with Gasteiger partial charge in [-0.05, 0) is 11.8 Å². The summed E-state index contributed by atoms with van der Waals surface area (Å²) in [5.41, 5.74) is 0. The van der Waals surface area contributed by atoms with Crippen molar-refractivity contribution in [3.05, 3.63) is 0 Å². The molecule has 0 aromatic carbocycles. The first-order chi connectivity index (χ1) is 5.29. The summed E-state index contributed by atoms with van der Waals surface area (Å²) in [6.07, 6.45) is 0. The maximum absolute atomic E-state index is 9.59. The molecule has 0 fully saturated rings. The van der Waals surface area contributed by atoms with Crippen molar-refractivity contribution in [3.63, 3.8) is 0 Å². The maximum atomic E-state index is 9.59. The van der Waals surface area contributed by atoms with E-state index < -0.39 is 11.9 Å². The van der Waals surface area contributed by atoms with Gasteiger partial charge < -0.3 is 19.8 Å².